The average molecular weight is 306 g/mol. The Balaban J connectivity index is 2.00. The molecular formula is C14H12BrNO2. The van der Waals surface area contributed by atoms with Gasteiger partial charge in [0.1, 0.15) is 6.61 Å². The van der Waals surface area contributed by atoms with Crippen LogP contribution >= 0.6 is 15.9 Å². The third-order valence-electron chi connectivity index (χ3n) is 2.42. The molecule has 0 radical (unpaired) electrons. The topological polar surface area (TPSA) is 39.2 Å². The molecule has 3 nitrogen and oxygen atoms in total. The first-order valence-corrected chi connectivity index (χ1v) is 6.28. The van der Waals surface area contributed by atoms with E-state index in [1.165, 1.54) is 13.1 Å². The van der Waals surface area contributed by atoms with E-state index in [1.807, 2.05) is 24.3 Å². The number of benzene rings is 1. The molecule has 2 aromatic rings. The van der Waals surface area contributed by atoms with Gasteiger partial charge < -0.3 is 4.74 Å². The van der Waals surface area contributed by atoms with Gasteiger partial charge in [-0.25, -0.2) is 4.98 Å². The maximum absolute atomic E-state index is 11.1. The molecule has 0 fully saturated rings. The first kappa shape index (κ1) is 12.8. The molecule has 0 aliphatic heterocycles. The van der Waals surface area contributed by atoms with Crippen molar-refractivity contribution in [2.75, 3.05) is 0 Å². The van der Waals surface area contributed by atoms with E-state index < -0.39 is 0 Å². The maximum atomic E-state index is 11.1. The van der Waals surface area contributed by atoms with Gasteiger partial charge in [-0.2, -0.15) is 0 Å². The number of aromatic nitrogens is 1. The number of hydrogen-bond donors (Lipinski definition) is 0. The molecule has 0 aliphatic carbocycles. The number of nitrogens with zero attached hydrogens (tertiary/aromatic N) is 1. The van der Waals surface area contributed by atoms with E-state index >= 15 is 0 Å². The van der Waals surface area contributed by atoms with Crippen LogP contribution < -0.4 is 4.74 Å². The Labute approximate surface area is 114 Å². The molecule has 4 heteroatoms. The first-order chi connectivity index (χ1) is 8.65. The minimum absolute atomic E-state index is 0.000963. The van der Waals surface area contributed by atoms with Crippen molar-refractivity contribution in [3.05, 3.63) is 58.2 Å². The van der Waals surface area contributed by atoms with Gasteiger partial charge in [0, 0.05) is 22.3 Å². The van der Waals surface area contributed by atoms with Gasteiger partial charge in [-0.1, -0.05) is 28.1 Å². The largest absolute Gasteiger partial charge is 0.473 e. The van der Waals surface area contributed by atoms with E-state index in [4.69, 9.17) is 4.74 Å². The molecule has 0 saturated carbocycles. The Hall–Kier alpha value is -1.68. The van der Waals surface area contributed by atoms with E-state index in [-0.39, 0.29) is 5.78 Å². The molecule has 0 bridgehead atoms. The molecule has 2 rings (SSSR count). The highest BCUT2D eigenvalue weighted by Gasteiger charge is 2.01. The van der Waals surface area contributed by atoms with Crippen LogP contribution in [0.25, 0.3) is 0 Å². The number of halogens is 1. The third-order valence-corrected chi connectivity index (χ3v) is 2.91. The van der Waals surface area contributed by atoms with Crippen molar-refractivity contribution in [1.82, 2.24) is 4.98 Å². The second-order valence-corrected chi connectivity index (χ2v) is 4.78. The summed E-state index contributed by atoms with van der Waals surface area (Å²) in [6.45, 7) is 1.96. The molecule has 0 amide bonds. The molecule has 0 aliphatic rings. The Bertz CT molecular complexity index is 552. The predicted molar refractivity (Wildman–Crippen MR) is 72.7 cm³/mol. The molecule has 92 valence electrons. The Morgan fingerprint density at radius 1 is 1.33 bits per heavy atom. The van der Waals surface area contributed by atoms with Crippen molar-refractivity contribution >= 4 is 21.7 Å². The quantitative estimate of drug-likeness (QED) is 0.810. The van der Waals surface area contributed by atoms with Crippen LogP contribution in [0.3, 0.4) is 0 Å². The van der Waals surface area contributed by atoms with E-state index in [0.29, 0.717) is 18.1 Å². The van der Waals surface area contributed by atoms with Gasteiger partial charge in [0.2, 0.25) is 5.88 Å². The lowest BCUT2D eigenvalue weighted by Gasteiger charge is -2.05. The average Bonchev–Trinajstić information content (AvgIpc) is 2.37. The molecule has 1 heterocycles. The lowest BCUT2D eigenvalue weighted by Crippen LogP contribution is -1.99. The first-order valence-electron chi connectivity index (χ1n) is 5.49. The van der Waals surface area contributed by atoms with E-state index in [9.17, 15) is 4.79 Å². The highest BCUT2D eigenvalue weighted by molar-refractivity contribution is 9.10. The number of Topliss-reactive ketones (excluding diaryl/α,β-unsaturated/α-hetero) is 1. The van der Waals surface area contributed by atoms with E-state index in [2.05, 4.69) is 20.9 Å². The minimum atomic E-state index is 0.000963. The zero-order valence-electron chi connectivity index (χ0n) is 9.89. The molecule has 0 unspecified atom stereocenters. The molecular weight excluding hydrogens is 294 g/mol. The molecule has 0 N–H and O–H groups in total. The molecule has 0 saturated heterocycles. The molecule has 1 aromatic carbocycles. The number of hydrogen-bond acceptors (Lipinski definition) is 3. The van der Waals surface area contributed by atoms with E-state index in [1.54, 1.807) is 12.1 Å². The number of pyridine rings is 1. The van der Waals surface area contributed by atoms with E-state index in [0.717, 1.165) is 10.0 Å². The number of rotatable bonds is 4. The number of carbonyl (C=O) groups excluding carboxylic acids is 1. The lowest BCUT2D eigenvalue weighted by molar-refractivity contribution is 0.101. The fourth-order valence-corrected chi connectivity index (χ4v) is 1.90. The maximum Gasteiger partial charge on any atom is 0.213 e. The van der Waals surface area contributed by atoms with Crippen molar-refractivity contribution in [2.24, 2.45) is 0 Å². The molecule has 0 spiro atoms. The second-order valence-electron chi connectivity index (χ2n) is 3.86. The Morgan fingerprint density at radius 2 is 2.17 bits per heavy atom. The Morgan fingerprint density at radius 3 is 2.78 bits per heavy atom. The van der Waals surface area contributed by atoms with Gasteiger partial charge in [-0.15, -0.1) is 0 Å². The van der Waals surface area contributed by atoms with Gasteiger partial charge in [0.25, 0.3) is 0 Å². The molecule has 18 heavy (non-hydrogen) atoms. The van der Waals surface area contributed by atoms with Crippen LogP contribution in [0.1, 0.15) is 22.8 Å². The van der Waals surface area contributed by atoms with Crippen LogP contribution in [-0.4, -0.2) is 10.8 Å². The summed E-state index contributed by atoms with van der Waals surface area (Å²) in [6.07, 6.45) is 1.53. The number of ether oxygens (including phenoxy) is 1. The zero-order chi connectivity index (χ0) is 13.0. The normalized spacial score (nSPS) is 10.1. The smallest absolute Gasteiger partial charge is 0.213 e. The standard InChI is InChI=1S/C14H12BrNO2/c1-10(17)12-5-6-14(16-8-12)18-9-11-3-2-4-13(15)7-11/h2-8H,9H2,1H3. The number of carbonyl (C=O) groups is 1. The fourth-order valence-electron chi connectivity index (χ4n) is 1.46. The summed E-state index contributed by atoms with van der Waals surface area (Å²) < 4.78 is 6.56. The lowest BCUT2D eigenvalue weighted by atomic mass is 10.2. The summed E-state index contributed by atoms with van der Waals surface area (Å²) >= 11 is 3.41. The van der Waals surface area contributed by atoms with Crippen LogP contribution in [0, 0.1) is 0 Å². The highest BCUT2D eigenvalue weighted by Crippen LogP contribution is 2.14. The van der Waals surface area contributed by atoms with Gasteiger partial charge in [0.05, 0.1) is 0 Å². The van der Waals surface area contributed by atoms with Crippen LogP contribution in [0.5, 0.6) is 5.88 Å². The van der Waals surface area contributed by atoms with Crippen molar-refractivity contribution in [3.63, 3.8) is 0 Å². The van der Waals surface area contributed by atoms with Crippen molar-refractivity contribution in [3.8, 4) is 5.88 Å². The predicted octanol–water partition coefficient (Wildman–Crippen LogP) is 3.63. The summed E-state index contributed by atoms with van der Waals surface area (Å²) in [6, 6.07) is 11.3. The minimum Gasteiger partial charge on any atom is -0.473 e. The SMILES string of the molecule is CC(=O)c1ccc(OCc2cccc(Br)c2)nc1. The number of ketones is 1. The van der Waals surface area contributed by atoms with Crippen LogP contribution in [0.15, 0.2) is 47.1 Å². The van der Waals surface area contributed by atoms with Crippen LogP contribution in [0.4, 0.5) is 0 Å². The highest BCUT2D eigenvalue weighted by atomic mass is 79.9. The van der Waals surface area contributed by atoms with Crippen LogP contribution in [-0.2, 0) is 6.61 Å². The van der Waals surface area contributed by atoms with Gasteiger partial charge in [-0.05, 0) is 30.7 Å². The van der Waals surface area contributed by atoms with Crippen molar-refractivity contribution < 1.29 is 9.53 Å². The molecule has 1 aromatic heterocycles. The zero-order valence-corrected chi connectivity index (χ0v) is 11.5. The van der Waals surface area contributed by atoms with Gasteiger partial charge in [-0.3, -0.25) is 4.79 Å². The van der Waals surface area contributed by atoms with Gasteiger partial charge in [0.15, 0.2) is 5.78 Å². The monoisotopic (exact) mass is 305 g/mol. The fraction of sp³-hybridized carbons (Fsp3) is 0.143. The summed E-state index contributed by atoms with van der Waals surface area (Å²) in [5.41, 5.74) is 1.65. The molecule has 0 atom stereocenters. The summed E-state index contributed by atoms with van der Waals surface area (Å²) in [4.78, 5) is 15.2. The second kappa shape index (κ2) is 5.78. The summed E-state index contributed by atoms with van der Waals surface area (Å²) in [5, 5.41) is 0. The van der Waals surface area contributed by atoms with Gasteiger partial charge >= 0.3 is 0 Å². The summed E-state index contributed by atoms with van der Waals surface area (Å²) in [7, 11) is 0. The summed E-state index contributed by atoms with van der Waals surface area (Å²) in [5.74, 6) is 0.515. The van der Waals surface area contributed by atoms with Crippen molar-refractivity contribution in [1.29, 1.82) is 0 Å². The van der Waals surface area contributed by atoms with Crippen LogP contribution in [0.2, 0.25) is 0 Å². The third kappa shape index (κ3) is 3.40. The Kier molecular flexibility index (Phi) is 4.10. The van der Waals surface area contributed by atoms with Crippen molar-refractivity contribution in [2.45, 2.75) is 13.5 Å².